The number of fused-ring (bicyclic) bond motifs is 1. The smallest absolute Gasteiger partial charge is 0.261 e. The second-order valence-electron chi connectivity index (χ2n) is 8.17. The Bertz CT molecular complexity index is 1540. The Morgan fingerprint density at radius 1 is 0.800 bits per heavy atom. The molecule has 0 aliphatic heterocycles. The zero-order valence-electron chi connectivity index (χ0n) is 19.3. The number of anilines is 1. The van der Waals surface area contributed by atoms with Gasteiger partial charge in [-0.15, -0.1) is 0 Å². The average Bonchev–Trinajstić information content (AvgIpc) is 3.27. The number of sulfonamides is 1. The van der Waals surface area contributed by atoms with Crippen LogP contribution in [0.5, 0.6) is 5.75 Å². The third-order valence-electron chi connectivity index (χ3n) is 5.86. The maximum Gasteiger partial charge on any atom is 0.261 e. The molecule has 176 valence electrons. The van der Waals surface area contributed by atoms with E-state index in [0.717, 1.165) is 41.0 Å². The van der Waals surface area contributed by atoms with Crippen molar-refractivity contribution >= 4 is 26.7 Å². The summed E-state index contributed by atoms with van der Waals surface area (Å²) in [4.78, 5) is 5.06. The summed E-state index contributed by atoms with van der Waals surface area (Å²) in [7, 11) is -2.13. The number of nitrogens with zero attached hydrogens (tertiary/aromatic N) is 2. The molecule has 0 radical (unpaired) electrons. The second-order valence-corrected chi connectivity index (χ2v) is 9.85. The van der Waals surface area contributed by atoms with E-state index in [2.05, 4.69) is 27.5 Å². The molecule has 0 fully saturated rings. The van der Waals surface area contributed by atoms with Crippen LogP contribution in [0.25, 0.3) is 16.7 Å². The predicted octanol–water partition coefficient (Wildman–Crippen LogP) is 5.62. The highest BCUT2D eigenvalue weighted by molar-refractivity contribution is 7.92. The van der Waals surface area contributed by atoms with E-state index in [0.29, 0.717) is 11.4 Å². The minimum Gasteiger partial charge on any atom is -0.497 e. The third kappa shape index (κ3) is 4.90. The van der Waals surface area contributed by atoms with Crippen molar-refractivity contribution in [1.29, 1.82) is 0 Å². The Morgan fingerprint density at radius 2 is 1.49 bits per heavy atom. The molecule has 0 saturated heterocycles. The summed E-state index contributed by atoms with van der Waals surface area (Å²) in [5.41, 5.74) is 4.75. The normalized spacial score (nSPS) is 11.5. The van der Waals surface area contributed by atoms with Crippen LogP contribution in [-0.4, -0.2) is 25.1 Å². The van der Waals surface area contributed by atoms with Crippen molar-refractivity contribution < 1.29 is 13.2 Å². The van der Waals surface area contributed by atoms with Crippen molar-refractivity contribution in [2.75, 3.05) is 11.8 Å². The summed E-state index contributed by atoms with van der Waals surface area (Å²) < 4.78 is 35.3. The average molecular weight is 484 g/mol. The molecule has 5 aromatic rings. The Balaban J connectivity index is 1.32. The summed E-state index contributed by atoms with van der Waals surface area (Å²) in [6.07, 6.45) is 1.53. The van der Waals surface area contributed by atoms with E-state index < -0.39 is 10.0 Å². The highest BCUT2D eigenvalue weighted by Crippen LogP contribution is 2.23. The van der Waals surface area contributed by atoms with Gasteiger partial charge in [0.15, 0.2) is 0 Å². The Labute approximate surface area is 204 Å². The molecule has 0 unspecified atom stereocenters. The van der Waals surface area contributed by atoms with Gasteiger partial charge in [0.2, 0.25) is 0 Å². The van der Waals surface area contributed by atoms with E-state index in [1.807, 2.05) is 48.5 Å². The Kier molecular flexibility index (Phi) is 6.25. The summed E-state index contributed by atoms with van der Waals surface area (Å²) in [5.74, 6) is 1.59. The quantitative estimate of drug-likeness (QED) is 0.311. The molecule has 1 heterocycles. The number of ether oxygens (including phenoxy) is 1. The van der Waals surface area contributed by atoms with Gasteiger partial charge in [0, 0.05) is 17.8 Å². The predicted molar refractivity (Wildman–Crippen MR) is 139 cm³/mol. The minimum atomic E-state index is -3.68. The standard InChI is InChI=1S/C28H25N3O3S/c1-34-24-16-18-25(19-17-24)35(32,33)30-22-14-11-21(12-15-22)13-20-28-29-26-9-5-6-10-27(26)31(28)23-7-3-2-4-8-23/h2-12,14-19,30H,13,20H2,1H3. The molecule has 0 atom stereocenters. The first-order valence-corrected chi connectivity index (χ1v) is 12.8. The van der Waals surface area contributed by atoms with Gasteiger partial charge >= 0.3 is 0 Å². The van der Waals surface area contributed by atoms with Gasteiger partial charge in [-0.1, -0.05) is 42.5 Å². The molecule has 0 spiro atoms. The number of aromatic nitrogens is 2. The first-order valence-electron chi connectivity index (χ1n) is 11.3. The molecule has 0 amide bonds. The highest BCUT2D eigenvalue weighted by atomic mass is 32.2. The van der Waals surface area contributed by atoms with Crippen LogP contribution in [0.4, 0.5) is 5.69 Å². The molecular weight excluding hydrogens is 458 g/mol. The summed E-state index contributed by atoms with van der Waals surface area (Å²) in [6, 6.07) is 32.1. The number of hydrogen-bond acceptors (Lipinski definition) is 4. The largest absolute Gasteiger partial charge is 0.497 e. The first kappa shape index (κ1) is 22.7. The summed E-state index contributed by atoms with van der Waals surface area (Å²) >= 11 is 0. The van der Waals surface area contributed by atoms with Gasteiger partial charge in [0.25, 0.3) is 10.0 Å². The van der Waals surface area contributed by atoms with Gasteiger partial charge in [-0.3, -0.25) is 9.29 Å². The van der Waals surface area contributed by atoms with E-state index in [4.69, 9.17) is 9.72 Å². The molecule has 1 N–H and O–H groups in total. The summed E-state index contributed by atoms with van der Waals surface area (Å²) in [6.45, 7) is 0. The van der Waals surface area contributed by atoms with Crippen molar-refractivity contribution in [1.82, 2.24) is 9.55 Å². The van der Waals surface area contributed by atoms with Gasteiger partial charge in [-0.2, -0.15) is 0 Å². The van der Waals surface area contributed by atoms with Crippen LogP contribution in [-0.2, 0) is 22.9 Å². The van der Waals surface area contributed by atoms with Crippen LogP contribution >= 0.6 is 0 Å². The van der Waals surface area contributed by atoms with E-state index in [-0.39, 0.29) is 4.90 Å². The van der Waals surface area contributed by atoms with Crippen molar-refractivity contribution in [3.05, 3.63) is 115 Å². The number of imidazole rings is 1. The lowest BCUT2D eigenvalue weighted by molar-refractivity contribution is 0.414. The second kappa shape index (κ2) is 9.64. The molecule has 7 heteroatoms. The number of benzene rings is 4. The van der Waals surface area contributed by atoms with Gasteiger partial charge in [0.1, 0.15) is 11.6 Å². The molecule has 0 aliphatic rings. The monoisotopic (exact) mass is 483 g/mol. The lowest BCUT2D eigenvalue weighted by Gasteiger charge is -2.11. The lowest BCUT2D eigenvalue weighted by Crippen LogP contribution is -2.12. The zero-order chi connectivity index (χ0) is 24.3. The fraction of sp³-hybridized carbons (Fsp3) is 0.107. The molecule has 6 nitrogen and oxygen atoms in total. The molecule has 0 aliphatic carbocycles. The number of aryl methyl sites for hydroxylation is 2. The topological polar surface area (TPSA) is 73.2 Å². The maximum absolute atomic E-state index is 12.7. The maximum atomic E-state index is 12.7. The fourth-order valence-electron chi connectivity index (χ4n) is 4.07. The van der Waals surface area contributed by atoms with Crippen LogP contribution in [0.15, 0.2) is 108 Å². The van der Waals surface area contributed by atoms with Crippen LogP contribution < -0.4 is 9.46 Å². The lowest BCUT2D eigenvalue weighted by atomic mass is 10.1. The number of nitrogens with one attached hydrogen (secondary N) is 1. The van der Waals surface area contributed by atoms with Crippen molar-refractivity contribution in [3.63, 3.8) is 0 Å². The Morgan fingerprint density at radius 3 is 2.20 bits per heavy atom. The molecular formula is C28H25N3O3S. The number of hydrogen-bond donors (Lipinski definition) is 1. The number of rotatable bonds is 8. The van der Waals surface area contributed by atoms with Crippen LogP contribution in [0.3, 0.4) is 0 Å². The van der Waals surface area contributed by atoms with Gasteiger partial charge in [-0.25, -0.2) is 13.4 Å². The Hall–Kier alpha value is -4.10. The van der Waals surface area contributed by atoms with Crippen molar-refractivity contribution in [2.45, 2.75) is 17.7 Å². The molecule has 1 aromatic heterocycles. The SMILES string of the molecule is COc1ccc(S(=O)(=O)Nc2ccc(CCc3nc4ccccc4n3-c3ccccc3)cc2)cc1. The van der Waals surface area contributed by atoms with Gasteiger partial charge in [-0.05, 0) is 72.6 Å². The van der Waals surface area contributed by atoms with Gasteiger partial charge in [0.05, 0.1) is 23.0 Å². The molecule has 4 aromatic carbocycles. The number of para-hydroxylation sites is 3. The van der Waals surface area contributed by atoms with Crippen molar-refractivity contribution in [3.8, 4) is 11.4 Å². The van der Waals surface area contributed by atoms with E-state index in [9.17, 15) is 8.42 Å². The van der Waals surface area contributed by atoms with E-state index in [1.54, 1.807) is 31.4 Å². The van der Waals surface area contributed by atoms with Crippen LogP contribution in [0, 0.1) is 0 Å². The van der Waals surface area contributed by atoms with E-state index >= 15 is 0 Å². The molecule has 0 saturated carbocycles. The number of methoxy groups -OCH3 is 1. The van der Waals surface area contributed by atoms with E-state index in [1.165, 1.54) is 12.1 Å². The molecule has 0 bridgehead atoms. The van der Waals surface area contributed by atoms with Gasteiger partial charge < -0.3 is 4.74 Å². The summed E-state index contributed by atoms with van der Waals surface area (Å²) in [5, 5.41) is 0. The molecule has 35 heavy (non-hydrogen) atoms. The highest BCUT2D eigenvalue weighted by Gasteiger charge is 2.15. The zero-order valence-corrected chi connectivity index (χ0v) is 20.1. The fourth-order valence-corrected chi connectivity index (χ4v) is 5.13. The van der Waals surface area contributed by atoms with Crippen LogP contribution in [0.1, 0.15) is 11.4 Å². The molecule has 5 rings (SSSR count). The van der Waals surface area contributed by atoms with Crippen LogP contribution in [0.2, 0.25) is 0 Å². The minimum absolute atomic E-state index is 0.183. The third-order valence-corrected chi connectivity index (χ3v) is 7.26. The van der Waals surface area contributed by atoms with Crippen molar-refractivity contribution in [2.24, 2.45) is 0 Å². The first-order chi connectivity index (χ1) is 17.0.